The highest BCUT2D eigenvalue weighted by atomic mass is 16.2. The van der Waals surface area contributed by atoms with Gasteiger partial charge in [-0.25, -0.2) is 0 Å². The van der Waals surface area contributed by atoms with Gasteiger partial charge in [0.1, 0.15) is 0 Å². The zero-order valence-electron chi connectivity index (χ0n) is 12.7. The average molecular weight is 252 g/mol. The maximum Gasteiger partial charge on any atom is 0.240 e. The van der Waals surface area contributed by atoms with Gasteiger partial charge in [0.25, 0.3) is 0 Å². The number of carbonyl (C=O) groups is 1. The number of rotatable bonds is 1. The Kier molecular flexibility index (Phi) is 4.26. The Hall–Kier alpha value is -0.830. The van der Waals surface area contributed by atoms with Crippen molar-refractivity contribution in [2.45, 2.75) is 54.0 Å². The highest BCUT2D eigenvalue weighted by Crippen LogP contribution is 2.30. The number of carbonyl (C=O) groups excluding carboxylic acids is 1. The Bertz CT molecular complexity index is 344. The van der Waals surface area contributed by atoms with Gasteiger partial charge >= 0.3 is 0 Å². The van der Waals surface area contributed by atoms with Gasteiger partial charge in [0.2, 0.25) is 5.91 Å². The van der Waals surface area contributed by atoms with Gasteiger partial charge in [-0.1, -0.05) is 53.2 Å². The van der Waals surface area contributed by atoms with Crippen molar-refractivity contribution in [3.8, 4) is 0 Å². The number of hydrogen-bond donors (Lipinski definition) is 1. The van der Waals surface area contributed by atoms with Crippen LogP contribution in [0.2, 0.25) is 0 Å². The van der Waals surface area contributed by atoms with Gasteiger partial charge in [0, 0.05) is 13.1 Å². The number of nitrogens with zero attached hydrogens (tertiary/aromatic N) is 1. The maximum absolute atomic E-state index is 12.3. The monoisotopic (exact) mass is 252 g/mol. The minimum Gasteiger partial charge on any atom is -0.337 e. The third-order valence-electron chi connectivity index (χ3n) is 3.68. The molecule has 0 aromatic rings. The average Bonchev–Trinajstić information content (AvgIpc) is 2.25. The molecule has 0 unspecified atom stereocenters. The van der Waals surface area contributed by atoms with Crippen LogP contribution < -0.4 is 5.73 Å². The Labute approximate surface area is 111 Å². The Balaban J connectivity index is 2.69. The van der Waals surface area contributed by atoms with E-state index in [1.165, 1.54) is 5.57 Å². The molecule has 0 aliphatic carbocycles. The van der Waals surface area contributed by atoms with E-state index in [2.05, 4.69) is 26.8 Å². The summed E-state index contributed by atoms with van der Waals surface area (Å²) in [7, 11) is 0. The summed E-state index contributed by atoms with van der Waals surface area (Å²) in [6.45, 7) is 14.2. The van der Waals surface area contributed by atoms with Crippen molar-refractivity contribution >= 4 is 5.91 Å². The summed E-state index contributed by atoms with van der Waals surface area (Å²) in [4.78, 5) is 14.2. The Morgan fingerprint density at radius 2 is 1.83 bits per heavy atom. The molecule has 1 aliphatic heterocycles. The minimum absolute atomic E-state index is 0.0757. The van der Waals surface area contributed by atoms with Crippen LogP contribution in [0.4, 0.5) is 0 Å². The third-order valence-corrected chi connectivity index (χ3v) is 3.68. The summed E-state index contributed by atoms with van der Waals surface area (Å²) in [6.07, 6.45) is 3.16. The second kappa shape index (κ2) is 5.04. The molecule has 0 saturated heterocycles. The first-order chi connectivity index (χ1) is 8.03. The molecule has 3 heteroatoms. The second-order valence-electron chi connectivity index (χ2n) is 7.36. The van der Waals surface area contributed by atoms with Crippen molar-refractivity contribution in [1.29, 1.82) is 0 Å². The van der Waals surface area contributed by atoms with Crippen LogP contribution in [0.1, 0.15) is 48.0 Å². The fourth-order valence-corrected chi connectivity index (χ4v) is 2.12. The largest absolute Gasteiger partial charge is 0.337 e. The Morgan fingerprint density at radius 3 is 2.17 bits per heavy atom. The highest BCUT2D eigenvalue weighted by molar-refractivity contribution is 5.82. The van der Waals surface area contributed by atoms with E-state index in [9.17, 15) is 4.79 Å². The SMILES string of the molecule is CC(C)(C)C1=CCN(C(=O)[C@@H](N)C(C)(C)C)CC1. The van der Waals surface area contributed by atoms with Crippen molar-refractivity contribution < 1.29 is 4.79 Å². The van der Waals surface area contributed by atoms with Gasteiger partial charge < -0.3 is 10.6 Å². The number of nitrogens with two attached hydrogens (primary N) is 1. The van der Waals surface area contributed by atoms with Crippen LogP contribution in [-0.2, 0) is 4.79 Å². The lowest BCUT2D eigenvalue weighted by atomic mass is 9.82. The van der Waals surface area contributed by atoms with E-state index in [0.29, 0.717) is 6.54 Å². The fourth-order valence-electron chi connectivity index (χ4n) is 2.12. The van der Waals surface area contributed by atoms with E-state index in [0.717, 1.165) is 13.0 Å². The first-order valence-electron chi connectivity index (χ1n) is 6.77. The van der Waals surface area contributed by atoms with E-state index in [-0.39, 0.29) is 16.7 Å². The molecule has 0 fully saturated rings. The molecule has 2 N–H and O–H groups in total. The molecule has 18 heavy (non-hydrogen) atoms. The number of amides is 1. The van der Waals surface area contributed by atoms with Crippen molar-refractivity contribution in [2.75, 3.05) is 13.1 Å². The van der Waals surface area contributed by atoms with E-state index < -0.39 is 6.04 Å². The molecule has 1 amide bonds. The van der Waals surface area contributed by atoms with Gasteiger partial charge in [-0.15, -0.1) is 0 Å². The van der Waals surface area contributed by atoms with Crippen molar-refractivity contribution in [3.63, 3.8) is 0 Å². The summed E-state index contributed by atoms with van der Waals surface area (Å²) in [5.74, 6) is 0.0757. The van der Waals surface area contributed by atoms with Crippen LogP contribution in [0.3, 0.4) is 0 Å². The van der Waals surface area contributed by atoms with Crippen molar-refractivity contribution in [3.05, 3.63) is 11.6 Å². The molecule has 0 radical (unpaired) electrons. The smallest absolute Gasteiger partial charge is 0.240 e. The first kappa shape index (κ1) is 15.2. The van der Waals surface area contributed by atoms with Gasteiger partial charge in [-0.2, -0.15) is 0 Å². The summed E-state index contributed by atoms with van der Waals surface area (Å²) in [5.41, 5.74) is 7.51. The van der Waals surface area contributed by atoms with E-state index in [4.69, 9.17) is 5.73 Å². The first-order valence-corrected chi connectivity index (χ1v) is 6.77. The van der Waals surface area contributed by atoms with Gasteiger partial charge in [0.05, 0.1) is 6.04 Å². The quantitative estimate of drug-likeness (QED) is 0.729. The molecule has 3 nitrogen and oxygen atoms in total. The molecule has 0 bridgehead atoms. The maximum atomic E-state index is 12.3. The molecule has 0 aromatic carbocycles. The zero-order chi connectivity index (χ0) is 14.1. The summed E-state index contributed by atoms with van der Waals surface area (Å²) in [6, 6.07) is -0.415. The van der Waals surface area contributed by atoms with Gasteiger partial charge in [0.15, 0.2) is 0 Å². The summed E-state index contributed by atoms with van der Waals surface area (Å²) < 4.78 is 0. The topological polar surface area (TPSA) is 46.3 Å². The van der Waals surface area contributed by atoms with Crippen LogP contribution in [-0.4, -0.2) is 29.9 Å². The zero-order valence-corrected chi connectivity index (χ0v) is 12.7. The van der Waals surface area contributed by atoms with Crippen LogP contribution in [0, 0.1) is 10.8 Å². The lowest BCUT2D eigenvalue weighted by molar-refractivity contribution is -0.134. The molecule has 104 valence electrons. The van der Waals surface area contributed by atoms with Gasteiger partial charge in [-0.05, 0) is 17.3 Å². The van der Waals surface area contributed by atoms with E-state index >= 15 is 0 Å². The minimum atomic E-state index is -0.415. The third kappa shape index (κ3) is 3.58. The molecule has 1 atom stereocenters. The van der Waals surface area contributed by atoms with Crippen molar-refractivity contribution in [2.24, 2.45) is 16.6 Å². The van der Waals surface area contributed by atoms with E-state index in [1.807, 2.05) is 25.7 Å². The van der Waals surface area contributed by atoms with Crippen LogP contribution >= 0.6 is 0 Å². The fraction of sp³-hybridized carbons (Fsp3) is 0.800. The van der Waals surface area contributed by atoms with Crippen LogP contribution in [0.25, 0.3) is 0 Å². The van der Waals surface area contributed by atoms with E-state index in [1.54, 1.807) is 0 Å². The molecule has 1 heterocycles. The second-order valence-corrected chi connectivity index (χ2v) is 7.36. The molecule has 1 aliphatic rings. The predicted octanol–water partition coefficient (Wildman–Crippen LogP) is 2.56. The number of hydrogen-bond acceptors (Lipinski definition) is 2. The standard InChI is InChI=1S/C15H28N2O/c1-14(2,3)11-7-9-17(10-8-11)13(18)12(16)15(4,5)6/h7,12H,8-10,16H2,1-6H3/t12-/m1/s1. The lowest BCUT2D eigenvalue weighted by Crippen LogP contribution is -2.51. The molecule has 1 rings (SSSR count). The summed E-state index contributed by atoms with van der Waals surface area (Å²) in [5, 5.41) is 0. The molecular formula is C15H28N2O. The normalized spacial score (nSPS) is 19.5. The molecule has 0 spiro atoms. The van der Waals surface area contributed by atoms with Gasteiger partial charge in [-0.3, -0.25) is 4.79 Å². The van der Waals surface area contributed by atoms with Crippen LogP contribution in [0.5, 0.6) is 0 Å². The molecule has 0 aromatic heterocycles. The molecule has 0 saturated carbocycles. The van der Waals surface area contributed by atoms with Crippen LogP contribution in [0.15, 0.2) is 11.6 Å². The lowest BCUT2D eigenvalue weighted by Gasteiger charge is -2.36. The highest BCUT2D eigenvalue weighted by Gasteiger charge is 2.32. The molecular weight excluding hydrogens is 224 g/mol. The predicted molar refractivity (Wildman–Crippen MR) is 76.2 cm³/mol. The summed E-state index contributed by atoms with van der Waals surface area (Å²) >= 11 is 0. The Morgan fingerprint density at radius 1 is 1.28 bits per heavy atom. The van der Waals surface area contributed by atoms with Crippen molar-refractivity contribution in [1.82, 2.24) is 4.90 Å².